The monoisotopic (exact) mass is 413 g/mol. The van der Waals surface area contributed by atoms with Gasteiger partial charge in [0.15, 0.2) is 5.78 Å². The van der Waals surface area contributed by atoms with Gasteiger partial charge in [0.1, 0.15) is 0 Å². The summed E-state index contributed by atoms with van der Waals surface area (Å²) in [6.45, 7) is 4.08. The fraction of sp³-hybridized carbons (Fsp3) is 0.304. The van der Waals surface area contributed by atoms with Gasteiger partial charge in [-0.15, -0.1) is 0 Å². The summed E-state index contributed by atoms with van der Waals surface area (Å²) in [5, 5.41) is 1.03. The minimum atomic E-state index is -0.317. The quantitative estimate of drug-likeness (QED) is 0.592. The number of amides is 1. The van der Waals surface area contributed by atoms with Crippen LogP contribution in [-0.4, -0.2) is 11.7 Å². The fourth-order valence-electron chi connectivity index (χ4n) is 4.21. The highest BCUT2D eigenvalue weighted by atomic mass is 35.5. The minimum absolute atomic E-state index is 0.00674. The lowest BCUT2D eigenvalue weighted by atomic mass is 9.77. The number of halogens is 2. The second kappa shape index (κ2) is 7.38. The summed E-state index contributed by atoms with van der Waals surface area (Å²) in [5.41, 5.74) is 5.48. The number of aryl methyl sites for hydroxylation is 2. The normalized spacial score (nSPS) is 19.9. The SMILES string of the molecule is Cc1ccc(N2C(=O)CC(c3ccc(Cl)cc3Cl)C3=C2CCCC3=O)cc1C. The summed E-state index contributed by atoms with van der Waals surface area (Å²) in [4.78, 5) is 27.9. The van der Waals surface area contributed by atoms with Crippen LogP contribution < -0.4 is 4.90 Å². The van der Waals surface area contributed by atoms with E-state index < -0.39 is 0 Å². The van der Waals surface area contributed by atoms with Crippen LogP contribution in [0.25, 0.3) is 0 Å². The van der Waals surface area contributed by atoms with E-state index in [0.717, 1.165) is 34.5 Å². The van der Waals surface area contributed by atoms with Gasteiger partial charge in [-0.05, 0) is 67.6 Å². The van der Waals surface area contributed by atoms with Gasteiger partial charge in [-0.25, -0.2) is 0 Å². The maximum Gasteiger partial charge on any atom is 0.232 e. The summed E-state index contributed by atoms with van der Waals surface area (Å²) in [5.74, 6) is -0.214. The molecule has 1 atom stereocenters. The van der Waals surface area contributed by atoms with Gasteiger partial charge in [-0.2, -0.15) is 0 Å². The molecule has 0 spiro atoms. The number of nitrogens with zero attached hydrogens (tertiary/aromatic N) is 1. The Kier molecular flexibility index (Phi) is 5.07. The highest BCUT2D eigenvalue weighted by molar-refractivity contribution is 6.35. The molecule has 1 aliphatic heterocycles. The summed E-state index contributed by atoms with van der Waals surface area (Å²) >= 11 is 12.5. The van der Waals surface area contributed by atoms with Crippen LogP contribution in [0.4, 0.5) is 5.69 Å². The van der Waals surface area contributed by atoms with Crippen molar-refractivity contribution in [2.75, 3.05) is 4.90 Å². The number of hydrogen-bond donors (Lipinski definition) is 0. The largest absolute Gasteiger partial charge is 0.294 e. The standard InChI is InChI=1S/C23H21Cl2NO2/c1-13-6-8-16(10-14(13)2)26-20-4-3-5-21(27)23(20)18(12-22(26)28)17-9-7-15(24)11-19(17)25/h6-11,18H,3-5,12H2,1-2H3. The van der Waals surface area contributed by atoms with E-state index in [4.69, 9.17) is 23.2 Å². The van der Waals surface area contributed by atoms with Crippen LogP contribution >= 0.6 is 23.2 Å². The van der Waals surface area contributed by atoms with Crippen LogP contribution in [0.3, 0.4) is 0 Å². The zero-order chi connectivity index (χ0) is 20.0. The molecule has 3 nitrogen and oxygen atoms in total. The third kappa shape index (κ3) is 3.27. The zero-order valence-corrected chi connectivity index (χ0v) is 17.4. The molecular formula is C23H21Cl2NO2. The van der Waals surface area contributed by atoms with E-state index in [1.54, 1.807) is 17.0 Å². The van der Waals surface area contributed by atoms with Crippen molar-refractivity contribution in [2.45, 2.75) is 45.4 Å². The Hall–Kier alpha value is -2.10. The van der Waals surface area contributed by atoms with Crippen molar-refractivity contribution in [1.82, 2.24) is 0 Å². The van der Waals surface area contributed by atoms with Gasteiger partial charge < -0.3 is 0 Å². The van der Waals surface area contributed by atoms with Gasteiger partial charge in [0.2, 0.25) is 5.91 Å². The number of rotatable bonds is 2. The summed E-state index contributed by atoms with van der Waals surface area (Å²) in [6.07, 6.45) is 2.20. The highest BCUT2D eigenvalue weighted by Gasteiger charge is 2.40. The topological polar surface area (TPSA) is 37.4 Å². The number of carbonyl (C=O) groups is 2. The Morgan fingerprint density at radius 2 is 1.75 bits per heavy atom. The van der Waals surface area contributed by atoms with Crippen molar-refractivity contribution in [2.24, 2.45) is 0 Å². The second-order valence-electron chi connectivity index (χ2n) is 7.56. The molecule has 1 unspecified atom stereocenters. The van der Waals surface area contributed by atoms with Crippen LogP contribution in [0.5, 0.6) is 0 Å². The Balaban J connectivity index is 1.88. The third-order valence-corrected chi connectivity index (χ3v) is 6.32. The molecule has 0 aromatic heterocycles. The maximum atomic E-state index is 13.2. The molecule has 1 amide bonds. The van der Waals surface area contributed by atoms with Gasteiger partial charge in [0.05, 0.1) is 0 Å². The molecule has 0 saturated carbocycles. The van der Waals surface area contributed by atoms with Crippen LogP contribution in [-0.2, 0) is 9.59 Å². The predicted molar refractivity (Wildman–Crippen MR) is 113 cm³/mol. The van der Waals surface area contributed by atoms with Crippen molar-refractivity contribution in [1.29, 1.82) is 0 Å². The lowest BCUT2D eigenvalue weighted by Crippen LogP contribution is -2.40. The number of hydrogen-bond acceptors (Lipinski definition) is 2. The molecule has 1 heterocycles. The molecule has 5 heteroatoms. The number of carbonyl (C=O) groups excluding carboxylic acids is 2. The van der Waals surface area contributed by atoms with Crippen LogP contribution in [0, 0.1) is 13.8 Å². The van der Waals surface area contributed by atoms with E-state index in [9.17, 15) is 9.59 Å². The third-order valence-electron chi connectivity index (χ3n) is 5.76. The van der Waals surface area contributed by atoms with Gasteiger partial charge in [0.25, 0.3) is 0 Å². The molecule has 2 aromatic carbocycles. The van der Waals surface area contributed by atoms with Crippen LogP contribution in [0.2, 0.25) is 10.0 Å². The van der Waals surface area contributed by atoms with Crippen molar-refractivity contribution < 1.29 is 9.59 Å². The minimum Gasteiger partial charge on any atom is -0.294 e. The summed E-state index contributed by atoms with van der Waals surface area (Å²) < 4.78 is 0. The number of anilines is 1. The molecule has 0 bridgehead atoms. The molecule has 144 valence electrons. The lowest BCUT2D eigenvalue weighted by molar-refractivity contribution is -0.119. The van der Waals surface area contributed by atoms with Gasteiger partial charge in [0, 0.05) is 45.8 Å². The van der Waals surface area contributed by atoms with Gasteiger partial charge in [-0.3, -0.25) is 14.5 Å². The van der Waals surface area contributed by atoms with E-state index in [2.05, 4.69) is 0 Å². The fourth-order valence-corrected chi connectivity index (χ4v) is 4.75. The van der Waals surface area contributed by atoms with E-state index in [1.807, 2.05) is 38.1 Å². The molecule has 2 aromatic rings. The molecule has 0 fully saturated rings. The molecule has 28 heavy (non-hydrogen) atoms. The van der Waals surface area contributed by atoms with Gasteiger partial charge in [-0.1, -0.05) is 35.3 Å². The van der Waals surface area contributed by atoms with Crippen molar-refractivity contribution in [3.05, 3.63) is 74.4 Å². The van der Waals surface area contributed by atoms with Crippen molar-refractivity contribution >= 4 is 40.6 Å². The smallest absolute Gasteiger partial charge is 0.232 e. The number of benzene rings is 2. The maximum absolute atomic E-state index is 13.2. The lowest BCUT2D eigenvalue weighted by Gasteiger charge is -2.38. The number of Topliss-reactive ketones (excluding diaryl/α,β-unsaturated/α-hetero) is 1. The highest BCUT2D eigenvalue weighted by Crippen LogP contribution is 2.45. The molecule has 0 N–H and O–H groups in total. The van der Waals surface area contributed by atoms with E-state index in [-0.39, 0.29) is 24.0 Å². The Labute approximate surface area is 174 Å². The first kappa shape index (κ1) is 19.2. The molecule has 2 aliphatic rings. The van der Waals surface area contributed by atoms with Crippen molar-refractivity contribution in [3.8, 4) is 0 Å². The average molecular weight is 414 g/mol. The van der Waals surface area contributed by atoms with E-state index in [1.165, 1.54) is 5.56 Å². The van der Waals surface area contributed by atoms with E-state index in [0.29, 0.717) is 22.9 Å². The van der Waals surface area contributed by atoms with Gasteiger partial charge >= 0.3 is 0 Å². The zero-order valence-electron chi connectivity index (χ0n) is 15.9. The molecule has 0 radical (unpaired) electrons. The first-order valence-electron chi connectivity index (χ1n) is 9.48. The molecule has 1 aliphatic carbocycles. The first-order chi connectivity index (χ1) is 13.4. The number of allylic oxidation sites excluding steroid dienone is 2. The first-order valence-corrected chi connectivity index (χ1v) is 10.2. The Morgan fingerprint density at radius 3 is 2.46 bits per heavy atom. The summed E-state index contributed by atoms with van der Waals surface area (Å²) in [6, 6.07) is 11.3. The molecule has 0 saturated heterocycles. The van der Waals surface area contributed by atoms with Crippen molar-refractivity contribution in [3.63, 3.8) is 0 Å². The molecule has 4 rings (SSSR count). The Morgan fingerprint density at radius 1 is 0.964 bits per heavy atom. The number of ketones is 1. The van der Waals surface area contributed by atoms with Crippen LogP contribution in [0.15, 0.2) is 47.7 Å². The average Bonchev–Trinajstić information content (AvgIpc) is 2.64. The molecular weight excluding hydrogens is 393 g/mol. The van der Waals surface area contributed by atoms with E-state index >= 15 is 0 Å². The summed E-state index contributed by atoms with van der Waals surface area (Å²) in [7, 11) is 0. The Bertz CT molecular complexity index is 1030. The second-order valence-corrected chi connectivity index (χ2v) is 8.40. The predicted octanol–water partition coefficient (Wildman–Crippen LogP) is 6.14. The van der Waals surface area contributed by atoms with Crippen LogP contribution in [0.1, 0.15) is 48.3 Å².